The van der Waals surface area contributed by atoms with Crippen LogP contribution >= 0.6 is 0 Å². The molecule has 1 atom stereocenters. The second-order valence-corrected chi connectivity index (χ2v) is 5.72. The normalized spacial score (nSPS) is 11.5. The number of hydrogen-bond acceptors (Lipinski definition) is 5. The number of carbonyl (C=O) groups excluding carboxylic acids is 1. The van der Waals surface area contributed by atoms with Crippen LogP contribution < -0.4 is 10.1 Å². The Morgan fingerprint density at radius 3 is 2.48 bits per heavy atom. The van der Waals surface area contributed by atoms with Gasteiger partial charge in [-0.25, -0.2) is 9.18 Å². The van der Waals surface area contributed by atoms with Crippen LogP contribution in [0.4, 0.5) is 10.1 Å². The number of nitro benzene ring substituents is 1. The molecule has 0 bridgehead atoms. The average Bonchev–Trinajstić information content (AvgIpc) is 2.62. The molecule has 2 aromatic rings. The van der Waals surface area contributed by atoms with Crippen LogP contribution in [0.1, 0.15) is 11.1 Å². The molecule has 0 aliphatic heterocycles. The molecule has 2 rings (SSSR count). The number of carbonyl (C=O) groups is 2. The maximum Gasteiger partial charge on any atom is 0.326 e. The lowest BCUT2D eigenvalue weighted by molar-refractivity contribution is -0.384. The molecule has 2 aromatic carbocycles. The van der Waals surface area contributed by atoms with E-state index in [1.807, 2.05) is 0 Å². The average molecular weight is 376 g/mol. The highest BCUT2D eigenvalue weighted by Gasteiger charge is 2.23. The van der Waals surface area contributed by atoms with Crippen molar-refractivity contribution in [3.8, 4) is 5.75 Å². The summed E-state index contributed by atoms with van der Waals surface area (Å²) in [6.07, 6.45) is -0.328. The molecule has 142 valence electrons. The lowest BCUT2D eigenvalue weighted by Gasteiger charge is -2.16. The summed E-state index contributed by atoms with van der Waals surface area (Å²) in [4.78, 5) is 34.0. The Morgan fingerprint density at radius 1 is 1.26 bits per heavy atom. The van der Waals surface area contributed by atoms with Crippen molar-refractivity contribution in [3.63, 3.8) is 0 Å². The van der Waals surface area contributed by atoms with Crippen LogP contribution in [-0.2, 0) is 22.4 Å². The third-order valence-corrected chi connectivity index (χ3v) is 3.81. The molecule has 0 saturated carbocycles. The Bertz CT molecular complexity index is 853. The van der Waals surface area contributed by atoms with E-state index in [0.29, 0.717) is 5.56 Å². The summed E-state index contributed by atoms with van der Waals surface area (Å²) in [5.41, 5.74) is 0.583. The number of nitrogens with one attached hydrogen (secondary N) is 1. The minimum atomic E-state index is -1.31. The van der Waals surface area contributed by atoms with Gasteiger partial charge in [-0.1, -0.05) is 12.1 Å². The Balaban J connectivity index is 2.14. The fourth-order valence-corrected chi connectivity index (χ4v) is 2.49. The number of amides is 1. The number of nitro groups is 1. The fraction of sp³-hybridized carbons (Fsp3) is 0.222. The zero-order chi connectivity index (χ0) is 20.0. The summed E-state index contributed by atoms with van der Waals surface area (Å²) >= 11 is 0. The highest BCUT2D eigenvalue weighted by Crippen LogP contribution is 2.25. The highest BCUT2D eigenvalue weighted by molar-refractivity contribution is 5.85. The third kappa shape index (κ3) is 5.50. The maximum atomic E-state index is 12.9. The van der Waals surface area contributed by atoms with Crippen LogP contribution in [0.15, 0.2) is 42.5 Å². The highest BCUT2D eigenvalue weighted by atomic mass is 19.1. The van der Waals surface area contributed by atoms with Crippen LogP contribution in [0.2, 0.25) is 0 Å². The van der Waals surface area contributed by atoms with Gasteiger partial charge in [0.15, 0.2) is 0 Å². The van der Waals surface area contributed by atoms with Gasteiger partial charge in [0.05, 0.1) is 18.5 Å². The van der Waals surface area contributed by atoms with Gasteiger partial charge in [0.1, 0.15) is 17.6 Å². The van der Waals surface area contributed by atoms with Gasteiger partial charge in [-0.2, -0.15) is 0 Å². The lowest BCUT2D eigenvalue weighted by atomic mass is 10.0. The van der Waals surface area contributed by atoms with Gasteiger partial charge in [-0.05, 0) is 23.8 Å². The van der Waals surface area contributed by atoms with Crippen LogP contribution in [0.5, 0.6) is 5.75 Å². The molecule has 9 heteroatoms. The molecule has 8 nitrogen and oxygen atoms in total. The van der Waals surface area contributed by atoms with Crippen LogP contribution in [0.3, 0.4) is 0 Å². The first-order valence-electron chi connectivity index (χ1n) is 7.88. The molecule has 0 heterocycles. The number of carboxylic acids is 1. The third-order valence-electron chi connectivity index (χ3n) is 3.81. The predicted octanol–water partition coefficient (Wildman–Crippen LogP) is 2.10. The predicted molar refractivity (Wildman–Crippen MR) is 93.0 cm³/mol. The largest absolute Gasteiger partial charge is 0.496 e. The minimum Gasteiger partial charge on any atom is -0.496 e. The summed E-state index contributed by atoms with van der Waals surface area (Å²) in [6, 6.07) is 7.76. The molecular weight excluding hydrogens is 359 g/mol. The van der Waals surface area contributed by atoms with E-state index in [9.17, 15) is 29.2 Å². The smallest absolute Gasteiger partial charge is 0.326 e. The van der Waals surface area contributed by atoms with Gasteiger partial charge in [-0.15, -0.1) is 0 Å². The number of aliphatic carboxylic acids is 1. The molecule has 0 radical (unpaired) electrons. The zero-order valence-corrected chi connectivity index (χ0v) is 14.3. The molecule has 27 heavy (non-hydrogen) atoms. The first-order valence-corrected chi connectivity index (χ1v) is 7.88. The van der Waals surface area contributed by atoms with Crippen LogP contribution in [0.25, 0.3) is 0 Å². The van der Waals surface area contributed by atoms with Gasteiger partial charge in [0, 0.05) is 24.1 Å². The fourth-order valence-electron chi connectivity index (χ4n) is 2.49. The Hall–Kier alpha value is -3.49. The number of nitrogens with zero attached hydrogens (tertiary/aromatic N) is 1. The minimum absolute atomic E-state index is 0.129. The molecule has 0 saturated heterocycles. The standard InChI is InChI=1S/C18H17FN2O6/c1-27-16-7-6-14(21(25)26)9-12(16)10-15(18(23)24)20-17(22)8-11-2-4-13(19)5-3-11/h2-7,9,15H,8,10H2,1H3,(H,20,22)(H,23,24)/t15-/m1/s1. The van der Waals surface area contributed by atoms with Crippen molar-refractivity contribution in [2.75, 3.05) is 7.11 Å². The molecular formula is C18H17FN2O6. The van der Waals surface area contributed by atoms with Crippen molar-refractivity contribution in [3.05, 3.63) is 69.5 Å². The number of non-ortho nitro benzene ring substituents is 1. The van der Waals surface area contributed by atoms with Crippen molar-refractivity contribution in [2.24, 2.45) is 0 Å². The van der Waals surface area contributed by atoms with Crippen LogP contribution in [-0.4, -0.2) is 35.1 Å². The van der Waals surface area contributed by atoms with E-state index < -0.39 is 28.7 Å². The topological polar surface area (TPSA) is 119 Å². The van der Waals surface area contributed by atoms with Crippen molar-refractivity contribution in [1.29, 1.82) is 0 Å². The van der Waals surface area contributed by atoms with E-state index in [2.05, 4.69) is 5.32 Å². The molecule has 1 amide bonds. The number of ether oxygens (including phenoxy) is 1. The maximum absolute atomic E-state index is 12.9. The molecule has 0 unspecified atom stereocenters. The molecule has 0 aliphatic carbocycles. The Labute approximate surface area is 153 Å². The number of rotatable bonds is 8. The van der Waals surface area contributed by atoms with Crippen molar-refractivity contribution >= 4 is 17.6 Å². The van der Waals surface area contributed by atoms with E-state index in [4.69, 9.17) is 4.74 Å². The second kappa shape index (κ2) is 8.75. The quantitative estimate of drug-likeness (QED) is 0.538. The van der Waals surface area contributed by atoms with E-state index >= 15 is 0 Å². The SMILES string of the molecule is COc1ccc([N+](=O)[O-])cc1C[C@@H](NC(=O)Cc1ccc(F)cc1)C(=O)O. The molecule has 0 aromatic heterocycles. The van der Waals surface area contributed by atoms with E-state index in [-0.39, 0.29) is 29.8 Å². The van der Waals surface area contributed by atoms with Gasteiger partial charge < -0.3 is 15.2 Å². The van der Waals surface area contributed by atoms with Crippen molar-refractivity contribution in [2.45, 2.75) is 18.9 Å². The lowest BCUT2D eigenvalue weighted by Crippen LogP contribution is -2.43. The molecule has 0 fully saturated rings. The van der Waals surface area contributed by atoms with E-state index in [1.54, 1.807) is 0 Å². The Kier molecular flexibility index (Phi) is 6.42. The van der Waals surface area contributed by atoms with Gasteiger partial charge >= 0.3 is 5.97 Å². The summed E-state index contributed by atoms with van der Waals surface area (Å²) in [5.74, 6) is -2.03. The zero-order valence-electron chi connectivity index (χ0n) is 14.3. The van der Waals surface area contributed by atoms with Gasteiger partial charge in [0.2, 0.25) is 5.91 Å². The molecule has 0 spiro atoms. The second-order valence-electron chi connectivity index (χ2n) is 5.72. The van der Waals surface area contributed by atoms with E-state index in [1.165, 1.54) is 49.6 Å². The number of hydrogen-bond donors (Lipinski definition) is 2. The number of halogens is 1. The molecule has 0 aliphatic rings. The van der Waals surface area contributed by atoms with Crippen LogP contribution in [0, 0.1) is 15.9 Å². The summed E-state index contributed by atoms with van der Waals surface area (Å²) in [6.45, 7) is 0. The summed E-state index contributed by atoms with van der Waals surface area (Å²) < 4.78 is 18.0. The number of benzene rings is 2. The van der Waals surface area contributed by atoms with Crippen molar-refractivity contribution in [1.82, 2.24) is 5.32 Å². The summed E-state index contributed by atoms with van der Waals surface area (Å²) in [5, 5.41) is 22.7. The first kappa shape index (κ1) is 19.8. The Morgan fingerprint density at radius 2 is 1.93 bits per heavy atom. The first-order chi connectivity index (χ1) is 12.8. The molecule has 2 N–H and O–H groups in total. The van der Waals surface area contributed by atoms with Gasteiger partial charge in [0.25, 0.3) is 5.69 Å². The number of methoxy groups -OCH3 is 1. The monoisotopic (exact) mass is 376 g/mol. The van der Waals surface area contributed by atoms with Crippen molar-refractivity contribution < 1.29 is 28.7 Å². The van der Waals surface area contributed by atoms with E-state index in [0.717, 1.165) is 0 Å². The van der Waals surface area contributed by atoms with Gasteiger partial charge in [-0.3, -0.25) is 14.9 Å². The number of carboxylic acid groups (broad SMARTS) is 1. The summed E-state index contributed by atoms with van der Waals surface area (Å²) in [7, 11) is 1.35.